The van der Waals surface area contributed by atoms with Crippen LogP contribution in [0.5, 0.6) is 5.75 Å². The summed E-state index contributed by atoms with van der Waals surface area (Å²) in [6.45, 7) is 9.62. The van der Waals surface area contributed by atoms with Gasteiger partial charge in [0.1, 0.15) is 17.2 Å². The lowest BCUT2D eigenvalue weighted by molar-refractivity contribution is -0.145. The van der Waals surface area contributed by atoms with Crippen LogP contribution in [0.2, 0.25) is 5.02 Å². The number of fused-ring (bicyclic) bond motifs is 1. The summed E-state index contributed by atoms with van der Waals surface area (Å²) < 4.78 is 31.4. The number of esters is 2. The van der Waals surface area contributed by atoms with Gasteiger partial charge in [-0.15, -0.1) is 10.2 Å². The van der Waals surface area contributed by atoms with Gasteiger partial charge in [0, 0.05) is 6.54 Å². The van der Waals surface area contributed by atoms with Crippen molar-refractivity contribution in [3.63, 3.8) is 0 Å². The van der Waals surface area contributed by atoms with Gasteiger partial charge in [0.05, 0.1) is 24.1 Å². The molecule has 1 aromatic carbocycles. The second kappa shape index (κ2) is 18.8. The van der Waals surface area contributed by atoms with E-state index in [-0.39, 0.29) is 37.5 Å². The number of H-pyrrole nitrogens is 1. The van der Waals surface area contributed by atoms with Crippen molar-refractivity contribution in [3.05, 3.63) is 46.4 Å². The minimum Gasteiger partial charge on any atom is -0.465 e. The molecular weight excluding hydrogens is 646 g/mol. The molecule has 3 rings (SSSR count). The Morgan fingerprint density at radius 2 is 1.70 bits per heavy atom. The van der Waals surface area contributed by atoms with Gasteiger partial charge in [-0.05, 0) is 46.2 Å². The van der Waals surface area contributed by atoms with Crippen LogP contribution in [0.25, 0.3) is 5.65 Å². The molecule has 0 aliphatic heterocycles. The molecule has 3 aromatic rings. The maximum Gasteiger partial charge on any atom is 0.341 e. The number of aromatic amines is 1. The number of hydrogen-bond acceptors (Lipinski definition) is 9. The van der Waals surface area contributed by atoms with E-state index in [1.54, 1.807) is 23.6 Å². The van der Waals surface area contributed by atoms with Crippen LogP contribution in [-0.4, -0.2) is 66.9 Å². The zero-order valence-corrected chi connectivity index (χ0v) is 29.6. The Bertz CT molecular complexity index is 1510. The summed E-state index contributed by atoms with van der Waals surface area (Å²) >= 11 is 4.17. The Hall–Kier alpha value is -3.45. The molecule has 0 spiro atoms. The number of aromatic nitrogens is 4. The van der Waals surface area contributed by atoms with Crippen molar-refractivity contribution in [2.24, 2.45) is 0 Å². The van der Waals surface area contributed by atoms with Crippen molar-refractivity contribution in [2.75, 3.05) is 19.8 Å². The van der Waals surface area contributed by atoms with Gasteiger partial charge in [0.15, 0.2) is 22.5 Å². The number of nitrogens with one attached hydrogen (secondary N) is 2. The highest BCUT2D eigenvalue weighted by Crippen LogP contribution is 2.27. The number of para-hydroxylation sites is 1. The molecule has 47 heavy (non-hydrogen) atoms. The third-order valence-electron chi connectivity index (χ3n) is 7.69. The minimum absolute atomic E-state index is 0.0107. The number of hydrogen-bond donors (Lipinski definition) is 2. The lowest BCUT2D eigenvalue weighted by Crippen LogP contribution is -2.40. The highest BCUT2D eigenvalue weighted by atomic mass is 35.5. The Morgan fingerprint density at radius 3 is 2.40 bits per heavy atom. The second-order valence-electron chi connectivity index (χ2n) is 12.1. The standard InChI is InChI=1S/C33H48ClN5O7S/c1-6-8-9-10-11-12-13-14-19-26(47(43)46-25-18-16-15-17-24(25)31(42)44-7-2)30(41)35-21-20-27(40)45-22-33(4,5)32-37-36-29-28(34)23(3)38-39(29)32/h15-18,26,38H,6-14,19-22H2,1-5H3,(H,35,41). The van der Waals surface area contributed by atoms with Gasteiger partial charge >= 0.3 is 11.9 Å². The van der Waals surface area contributed by atoms with Crippen molar-refractivity contribution in [2.45, 2.75) is 109 Å². The van der Waals surface area contributed by atoms with Crippen molar-refractivity contribution in [1.29, 1.82) is 0 Å². The number of unbranched alkanes of at least 4 members (excludes halogenated alkanes) is 7. The number of carbonyl (C=O) groups excluding carboxylic acids is 3. The molecule has 2 N–H and O–H groups in total. The van der Waals surface area contributed by atoms with Gasteiger partial charge < -0.3 is 19.0 Å². The van der Waals surface area contributed by atoms with Crippen LogP contribution in [-0.2, 0) is 35.6 Å². The Balaban J connectivity index is 1.56. The van der Waals surface area contributed by atoms with Crippen LogP contribution in [0.1, 0.15) is 114 Å². The van der Waals surface area contributed by atoms with E-state index in [0.29, 0.717) is 29.3 Å². The first-order chi connectivity index (χ1) is 22.5. The topological polar surface area (TPSA) is 154 Å². The Morgan fingerprint density at radius 1 is 1.02 bits per heavy atom. The van der Waals surface area contributed by atoms with E-state index in [0.717, 1.165) is 25.0 Å². The normalized spacial score (nSPS) is 12.9. The predicted octanol–water partition coefficient (Wildman–Crippen LogP) is 6.17. The zero-order valence-electron chi connectivity index (χ0n) is 28.1. The Labute approximate surface area is 284 Å². The van der Waals surface area contributed by atoms with E-state index < -0.39 is 39.6 Å². The van der Waals surface area contributed by atoms with E-state index in [1.807, 2.05) is 20.8 Å². The van der Waals surface area contributed by atoms with Gasteiger partial charge in [-0.25, -0.2) is 13.5 Å². The molecule has 0 aliphatic rings. The molecule has 2 aromatic heterocycles. The maximum absolute atomic E-state index is 13.4. The number of halogens is 1. The molecule has 0 saturated heterocycles. The average molecular weight is 694 g/mol. The number of carbonyl (C=O) groups is 3. The van der Waals surface area contributed by atoms with Crippen molar-refractivity contribution < 1.29 is 32.2 Å². The third-order valence-corrected chi connectivity index (χ3v) is 9.41. The Kier molecular flexibility index (Phi) is 15.2. The lowest BCUT2D eigenvalue weighted by atomic mass is 9.94. The van der Waals surface area contributed by atoms with Gasteiger partial charge in [0.2, 0.25) is 17.0 Å². The zero-order chi connectivity index (χ0) is 34.4. The van der Waals surface area contributed by atoms with Crippen LogP contribution in [0.4, 0.5) is 0 Å². The summed E-state index contributed by atoms with van der Waals surface area (Å²) in [5.74, 6) is -0.991. The van der Waals surface area contributed by atoms with Gasteiger partial charge in [-0.1, -0.05) is 82.0 Å². The van der Waals surface area contributed by atoms with Crippen LogP contribution < -0.4 is 9.50 Å². The first kappa shape index (κ1) is 38.0. The highest BCUT2D eigenvalue weighted by Gasteiger charge is 2.31. The summed E-state index contributed by atoms with van der Waals surface area (Å²) in [6.07, 6.45) is 8.74. The fourth-order valence-corrected chi connectivity index (χ4v) is 6.22. The van der Waals surface area contributed by atoms with Crippen LogP contribution in [0, 0.1) is 6.92 Å². The highest BCUT2D eigenvalue weighted by molar-refractivity contribution is 7.82. The molecule has 1 amide bonds. The van der Waals surface area contributed by atoms with Crippen LogP contribution in [0.3, 0.4) is 0 Å². The van der Waals surface area contributed by atoms with E-state index in [1.165, 1.54) is 37.8 Å². The summed E-state index contributed by atoms with van der Waals surface area (Å²) in [5, 5.41) is 13.6. The molecule has 0 radical (unpaired) electrons. The van der Waals surface area contributed by atoms with Crippen molar-refractivity contribution in [1.82, 2.24) is 25.1 Å². The number of ether oxygens (including phenoxy) is 2. The summed E-state index contributed by atoms with van der Waals surface area (Å²) in [5.41, 5.74) is 0.680. The molecule has 0 fully saturated rings. The van der Waals surface area contributed by atoms with Crippen LogP contribution in [0.15, 0.2) is 24.3 Å². The molecule has 2 atom stereocenters. The van der Waals surface area contributed by atoms with Crippen LogP contribution >= 0.6 is 11.6 Å². The first-order valence-electron chi connectivity index (χ1n) is 16.4. The molecule has 14 heteroatoms. The fourth-order valence-electron chi connectivity index (χ4n) is 5.00. The minimum atomic E-state index is -2.10. The van der Waals surface area contributed by atoms with E-state index in [2.05, 4.69) is 27.5 Å². The number of rotatable bonds is 21. The SMILES string of the molecule is CCCCCCCCCCC(C(=O)NCCC(=O)OCC(C)(C)c1nnc2c(Cl)c(C)[nH]n12)S(=O)Oc1ccccc1C(=O)OCC. The fraction of sp³-hybridized carbons (Fsp3) is 0.606. The molecule has 2 heterocycles. The summed E-state index contributed by atoms with van der Waals surface area (Å²) in [7, 11) is 0. The lowest BCUT2D eigenvalue weighted by Gasteiger charge is -2.22. The predicted molar refractivity (Wildman–Crippen MR) is 181 cm³/mol. The number of benzene rings is 1. The van der Waals surface area contributed by atoms with Gasteiger partial charge in [-0.2, -0.15) is 0 Å². The van der Waals surface area contributed by atoms with Gasteiger partial charge in [0.25, 0.3) is 0 Å². The molecule has 0 bridgehead atoms. The molecule has 0 aliphatic carbocycles. The molecule has 12 nitrogen and oxygen atoms in total. The smallest absolute Gasteiger partial charge is 0.341 e. The molecule has 0 saturated carbocycles. The monoisotopic (exact) mass is 693 g/mol. The van der Waals surface area contributed by atoms with Gasteiger partial charge in [-0.3, -0.25) is 14.7 Å². The first-order valence-corrected chi connectivity index (χ1v) is 17.9. The maximum atomic E-state index is 13.4. The summed E-state index contributed by atoms with van der Waals surface area (Å²) in [6, 6.07) is 6.33. The van der Waals surface area contributed by atoms with E-state index in [9.17, 15) is 18.6 Å². The van der Waals surface area contributed by atoms with Crippen molar-refractivity contribution in [3.8, 4) is 5.75 Å². The number of nitrogens with zero attached hydrogens (tertiary/aromatic N) is 3. The average Bonchev–Trinajstić information content (AvgIpc) is 3.58. The number of aryl methyl sites for hydroxylation is 1. The quantitative estimate of drug-likeness (QED) is 0.0985. The number of amides is 1. The van der Waals surface area contributed by atoms with Crippen molar-refractivity contribution >= 4 is 46.2 Å². The summed E-state index contributed by atoms with van der Waals surface area (Å²) in [4.78, 5) is 38.3. The molecular formula is C33H48ClN5O7S. The van der Waals surface area contributed by atoms with E-state index in [4.69, 9.17) is 25.3 Å². The second-order valence-corrected chi connectivity index (χ2v) is 13.8. The molecule has 2 unspecified atom stereocenters. The largest absolute Gasteiger partial charge is 0.465 e. The molecule has 260 valence electrons. The van der Waals surface area contributed by atoms with E-state index >= 15 is 0 Å². The third kappa shape index (κ3) is 11.1.